The Morgan fingerprint density at radius 3 is 2.88 bits per heavy atom. The molecule has 0 fully saturated rings. The summed E-state index contributed by atoms with van der Waals surface area (Å²) in [5, 5.41) is 5.77. The lowest BCUT2D eigenvalue weighted by Gasteiger charge is -2.12. The molecule has 0 saturated heterocycles. The van der Waals surface area contributed by atoms with E-state index in [9.17, 15) is 0 Å². The largest absolute Gasteiger partial charge is 0.279 e. The summed E-state index contributed by atoms with van der Waals surface area (Å²) in [5.41, 5.74) is 1.00. The van der Waals surface area contributed by atoms with E-state index in [1.807, 2.05) is 14.0 Å². The summed E-state index contributed by atoms with van der Waals surface area (Å²) in [4.78, 5) is 4.10. The van der Waals surface area contributed by atoms with Crippen LogP contribution in [0, 0.1) is 0 Å². The van der Waals surface area contributed by atoms with Crippen molar-refractivity contribution in [2.24, 2.45) is 10.1 Å². The summed E-state index contributed by atoms with van der Waals surface area (Å²) in [5.74, 6) is 0. The van der Waals surface area contributed by atoms with Crippen molar-refractivity contribution >= 4 is 11.9 Å². The van der Waals surface area contributed by atoms with Gasteiger partial charge in [-0.1, -0.05) is 0 Å². The summed E-state index contributed by atoms with van der Waals surface area (Å²) in [6.07, 6.45) is 1.75. The van der Waals surface area contributed by atoms with Crippen LogP contribution in [-0.4, -0.2) is 30.7 Å². The molecule has 0 radical (unpaired) electrons. The zero-order valence-corrected chi connectivity index (χ0v) is 5.13. The first-order valence-corrected chi connectivity index (χ1v) is 2.55. The summed E-state index contributed by atoms with van der Waals surface area (Å²) in [6.45, 7) is 2.64. The third-order valence-electron chi connectivity index (χ3n) is 0.966. The van der Waals surface area contributed by atoms with Crippen molar-refractivity contribution in [2.75, 3.05) is 13.7 Å². The minimum Gasteiger partial charge on any atom is -0.279 e. The van der Waals surface area contributed by atoms with Crippen LogP contribution in [0.3, 0.4) is 0 Å². The molecule has 1 aliphatic heterocycles. The molecule has 1 heterocycles. The highest BCUT2D eigenvalue weighted by Gasteiger charge is 1.94. The van der Waals surface area contributed by atoms with E-state index in [2.05, 4.69) is 10.1 Å². The number of rotatable bonds is 0. The van der Waals surface area contributed by atoms with Gasteiger partial charge in [-0.15, -0.1) is 0 Å². The number of nitrogens with zero attached hydrogens (tertiary/aromatic N) is 3. The predicted molar refractivity (Wildman–Crippen MR) is 34.2 cm³/mol. The molecule has 44 valence electrons. The van der Waals surface area contributed by atoms with Crippen molar-refractivity contribution in [1.29, 1.82) is 0 Å². The zero-order valence-electron chi connectivity index (χ0n) is 5.13. The maximum Gasteiger partial charge on any atom is 0.126 e. The first-order chi connectivity index (χ1) is 3.79. The minimum absolute atomic E-state index is 0.697. The van der Waals surface area contributed by atoms with E-state index in [0.29, 0.717) is 6.67 Å². The molecule has 0 amide bonds. The molecule has 8 heavy (non-hydrogen) atoms. The predicted octanol–water partition coefficient (Wildman–Crippen LogP) is 0.336. The molecule has 0 atom stereocenters. The molecule has 1 rings (SSSR count). The SMILES string of the molecule is CC1=NCN(C)N=C1. The highest BCUT2D eigenvalue weighted by atomic mass is 15.5. The van der Waals surface area contributed by atoms with E-state index in [0.717, 1.165) is 5.71 Å². The second kappa shape index (κ2) is 1.94. The second-order valence-corrected chi connectivity index (χ2v) is 1.84. The molecule has 0 aromatic heterocycles. The van der Waals surface area contributed by atoms with Crippen molar-refractivity contribution in [3.63, 3.8) is 0 Å². The van der Waals surface area contributed by atoms with E-state index in [4.69, 9.17) is 0 Å². The Labute approximate surface area is 48.7 Å². The third-order valence-corrected chi connectivity index (χ3v) is 0.966. The average molecular weight is 111 g/mol. The Hall–Kier alpha value is -0.860. The minimum atomic E-state index is 0.697. The lowest BCUT2D eigenvalue weighted by Crippen LogP contribution is -2.18. The fraction of sp³-hybridized carbons (Fsp3) is 0.600. The molecule has 0 aromatic carbocycles. The maximum atomic E-state index is 4.10. The lowest BCUT2D eigenvalue weighted by molar-refractivity contribution is 0.366. The first-order valence-electron chi connectivity index (χ1n) is 2.55. The van der Waals surface area contributed by atoms with Crippen molar-refractivity contribution in [2.45, 2.75) is 6.92 Å². The Morgan fingerprint density at radius 2 is 2.50 bits per heavy atom. The van der Waals surface area contributed by atoms with Crippen LogP contribution in [0.4, 0.5) is 0 Å². The summed E-state index contributed by atoms with van der Waals surface area (Å²) in [6, 6.07) is 0. The molecule has 3 nitrogen and oxygen atoms in total. The van der Waals surface area contributed by atoms with Gasteiger partial charge in [0.1, 0.15) is 6.67 Å². The molecule has 0 bridgehead atoms. The number of aliphatic imine (C=N–C) groups is 1. The Kier molecular flexibility index (Phi) is 1.28. The van der Waals surface area contributed by atoms with E-state index in [-0.39, 0.29) is 0 Å². The van der Waals surface area contributed by atoms with Crippen LogP contribution in [-0.2, 0) is 0 Å². The van der Waals surface area contributed by atoms with Gasteiger partial charge >= 0.3 is 0 Å². The van der Waals surface area contributed by atoms with Gasteiger partial charge in [0.2, 0.25) is 0 Å². The van der Waals surface area contributed by atoms with Gasteiger partial charge in [0.15, 0.2) is 0 Å². The van der Waals surface area contributed by atoms with E-state index in [1.54, 1.807) is 11.2 Å². The number of hydrogen-bond acceptors (Lipinski definition) is 3. The van der Waals surface area contributed by atoms with Gasteiger partial charge in [0.25, 0.3) is 0 Å². The van der Waals surface area contributed by atoms with Crippen molar-refractivity contribution < 1.29 is 0 Å². The number of hydrazone groups is 1. The molecule has 0 aliphatic carbocycles. The van der Waals surface area contributed by atoms with Gasteiger partial charge in [-0.25, -0.2) is 0 Å². The standard InChI is InChI=1S/C5H9N3/c1-5-3-7-8(2)4-6-5/h3H,4H2,1-2H3. The molecular formula is C5H9N3. The van der Waals surface area contributed by atoms with Crippen LogP contribution in [0.5, 0.6) is 0 Å². The van der Waals surface area contributed by atoms with Gasteiger partial charge in [0, 0.05) is 7.05 Å². The van der Waals surface area contributed by atoms with Crippen LogP contribution in [0.15, 0.2) is 10.1 Å². The molecule has 0 unspecified atom stereocenters. The topological polar surface area (TPSA) is 28.0 Å². The van der Waals surface area contributed by atoms with Gasteiger partial charge < -0.3 is 0 Å². The van der Waals surface area contributed by atoms with Gasteiger partial charge in [-0.3, -0.25) is 10.0 Å². The number of hydrogen-bond donors (Lipinski definition) is 0. The smallest absolute Gasteiger partial charge is 0.126 e. The van der Waals surface area contributed by atoms with E-state index >= 15 is 0 Å². The first kappa shape index (κ1) is 5.28. The highest BCUT2D eigenvalue weighted by Crippen LogP contribution is 1.89. The summed E-state index contributed by atoms with van der Waals surface area (Å²) in [7, 11) is 1.90. The third kappa shape index (κ3) is 1.05. The van der Waals surface area contributed by atoms with Crippen LogP contribution in [0.2, 0.25) is 0 Å². The van der Waals surface area contributed by atoms with Crippen LogP contribution in [0.1, 0.15) is 6.92 Å². The molecular weight excluding hydrogens is 102 g/mol. The fourth-order valence-electron chi connectivity index (χ4n) is 0.473. The zero-order chi connectivity index (χ0) is 5.98. The normalized spacial score (nSPS) is 18.8. The van der Waals surface area contributed by atoms with Crippen LogP contribution >= 0.6 is 0 Å². The maximum absolute atomic E-state index is 4.10. The summed E-state index contributed by atoms with van der Waals surface area (Å²) >= 11 is 0. The molecule has 1 aliphatic rings. The highest BCUT2D eigenvalue weighted by molar-refractivity contribution is 6.29. The Bertz CT molecular complexity index is 137. The molecule has 3 heteroatoms. The van der Waals surface area contributed by atoms with Crippen molar-refractivity contribution in [3.8, 4) is 0 Å². The molecule has 0 N–H and O–H groups in total. The monoisotopic (exact) mass is 111 g/mol. The molecule has 0 aromatic rings. The van der Waals surface area contributed by atoms with Crippen molar-refractivity contribution in [1.82, 2.24) is 5.01 Å². The Balaban J connectivity index is 2.58. The van der Waals surface area contributed by atoms with Gasteiger partial charge in [0.05, 0.1) is 11.9 Å². The molecule has 0 saturated carbocycles. The quantitative estimate of drug-likeness (QED) is 0.443. The average Bonchev–Trinajstić information content (AvgIpc) is 1.77. The fourth-order valence-corrected chi connectivity index (χ4v) is 0.473. The Morgan fingerprint density at radius 1 is 1.75 bits per heavy atom. The van der Waals surface area contributed by atoms with Crippen molar-refractivity contribution in [3.05, 3.63) is 0 Å². The van der Waals surface area contributed by atoms with Gasteiger partial charge in [-0.05, 0) is 6.92 Å². The van der Waals surface area contributed by atoms with E-state index < -0.39 is 0 Å². The summed E-state index contributed by atoms with van der Waals surface area (Å²) < 4.78 is 0. The lowest BCUT2D eigenvalue weighted by atomic mass is 10.4. The van der Waals surface area contributed by atoms with Gasteiger partial charge in [-0.2, -0.15) is 5.10 Å². The molecule has 0 spiro atoms. The van der Waals surface area contributed by atoms with Crippen LogP contribution in [0.25, 0.3) is 0 Å². The van der Waals surface area contributed by atoms with Crippen LogP contribution < -0.4 is 0 Å². The van der Waals surface area contributed by atoms with E-state index in [1.165, 1.54) is 0 Å². The second-order valence-electron chi connectivity index (χ2n) is 1.84.